The predicted molar refractivity (Wildman–Crippen MR) is 102 cm³/mol. The maximum absolute atomic E-state index is 13.3. The number of rotatable bonds is 3. The van der Waals surface area contributed by atoms with Crippen molar-refractivity contribution in [3.63, 3.8) is 0 Å². The topological polar surface area (TPSA) is 100 Å². The van der Waals surface area contributed by atoms with E-state index in [9.17, 15) is 23.5 Å². The number of benzene rings is 2. The highest BCUT2D eigenvalue weighted by atomic mass is 19.2. The highest BCUT2D eigenvalue weighted by molar-refractivity contribution is 6.08. The summed E-state index contributed by atoms with van der Waals surface area (Å²) in [6.45, 7) is 1.90. The number of aromatic amines is 1. The normalized spacial score (nSPS) is 11.0. The molecular weight excluding hydrogens is 382 g/mol. The van der Waals surface area contributed by atoms with Crippen molar-refractivity contribution >= 4 is 22.6 Å². The fourth-order valence-corrected chi connectivity index (χ4v) is 2.99. The van der Waals surface area contributed by atoms with Crippen LogP contribution in [0.5, 0.6) is 5.75 Å². The fourth-order valence-electron chi connectivity index (χ4n) is 2.99. The van der Waals surface area contributed by atoms with E-state index in [1.54, 1.807) is 6.07 Å². The van der Waals surface area contributed by atoms with Gasteiger partial charge in [0.1, 0.15) is 17.0 Å². The number of aryl methyl sites for hydroxylation is 1. The lowest BCUT2D eigenvalue weighted by Gasteiger charge is -2.08. The first-order valence-corrected chi connectivity index (χ1v) is 8.51. The average Bonchev–Trinajstić information content (AvgIpc) is 3.09. The summed E-state index contributed by atoms with van der Waals surface area (Å²) in [5.74, 6) is -3.77. The van der Waals surface area contributed by atoms with Gasteiger partial charge in [-0.15, -0.1) is 0 Å². The van der Waals surface area contributed by atoms with Crippen LogP contribution in [0.1, 0.15) is 15.9 Å². The molecule has 2 aromatic carbocycles. The first-order valence-electron chi connectivity index (χ1n) is 8.51. The summed E-state index contributed by atoms with van der Waals surface area (Å²) in [5.41, 5.74) is 0.357. The second-order valence-corrected chi connectivity index (χ2v) is 6.42. The standard InChI is InChI=1S/C20H14F2N4O3/c1-10-3-2-4-12(7-10)26-18-13(9-23-26)17(27)16(20(29)25-18)19(28)24-11-5-6-14(21)15(22)8-11/h2-9H,1H3,(H,24,28)(H2,25,27,29). The van der Waals surface area contributed by atoms with Crippen LogP contribution in [0.4, 0.5) is 14.5 Å². The number of carbonyl (C=O) groups excluding carboxylic acids is 1. The van der Waals surface area contributed by atoms with E-state index in [2.05, 4.69) is 15.4 Å². The zero-order chi connectivity index (χ0) is 20.7. The third-order valence-electron chi connectivity index (χ3n) is 4.37. The van der Waals surface area contributed by atoms with Crippen LogP contribution >= 0.6 is 0 Å². The van der Waals surface area contributed by atoms with Crippen LogP contribution in [0, 0.1) is 18.6 Å². The molecule has 1 amide bonds. The van der Waals surface area contributed by atoms with E-state index in [-0.39, 0.29) is 16.7 Å². The highest BCUT2D eigenvalue weighted by Crippen LogP contribution is 2.27. The third-order valence-corrected chi connectivity index (χ3v) is 4.37. The quantitative estimate of drug-likeness (QED) is 0.495. The monoisotopic (exact) mass is 396 g/mol. The number of hydrogen-bond acceptors (Lipinski definition) is 4. The van der Waals surface area contributed by atoms with Crippen molar-refractivity contribution in [1.82, 2.24) is 14.8 Å². The Balaban J connectivity index is 1.77. The van der Waals surface area contributed by atoms with Gasteiger partial charge in [-0.2, -0.15) is 5.10 Å². The minimum Gasteiger partial charge on any atom is -0.506 e. The summed E-state index contributed by atoms with van der Waals surface area (Å²) in [5, 5.41) is 17.1. The Kier molecular flexibility index (Phi) is 4.34. The van der Waals surface area contributed by atoms with E-state index in [0.29, 0.717) is 5.69 Å². The third kappa shape index (κ3) is 3.22. The van der Waals surface area contributed by atoms with Gasteiger partial charge in [-0.3, -0.25) is 9.59 Å². The zero-order valence-electron chi connectivity index (χ0n) is 15.0. The summed E-state index contributed by atoms with van der Waals surface area (Å²) in [6, 6.07) is 10.1. The molecule has 0 aliphatic heterocycles. The Labute approximate surface area is 162 Å². The van der Waals surface area contributed by atoms with Gasteiger partial charge in [0, 0.05) is 11.8 Å². The highest BCUT2D eigenvalue weighted by Gasteiger charge is 2.22. The average molecular weight is 396 g/mol. The summed E-state index contributed by atoms with van der Waals surface area (Å²) < 4.78 is 27.8. The van der Waals surface area contributed by atoms with Gasteiger partial charge in [-0.25, -0.2) is 13.5 Å². The van der Waals surface area contributed by atoms with Crippen LogP contribution in [-0.4, -0.2) is 25.8 Å². The molecule has 29 heavy (non-hydrogen) atoms. The molecule has 0 bridgehead atoms. The number of halogens is 2. The Hall–Kier alpha value is -4.01. The smallest absolute Gasteiger partial charge is 0.266 e. The number of pyridine rings is 1. The number of aromatic hydroxyl groups is 1. The molecule has 146 valence electrons. The predicted octanol–water partition coefficient (Wildman–Crippen LogP) is 3.26. The summed E-state index contributed by atoms with van der Waals surface area (Å²) in [6.07, 6.45) is 1.32. The number of carbonyl (C=O) groups is 1. The Morgan fingerprint density at radius 2 is 1.97 bits per heavy atom. The van der Waals surface area contributed by atoms with Gasteiger partial charge < -0.3 is 15.4 Å². The van der Waals surface area contributed by atoms with Crippen molar-refractivity contribution in [1.29, 1.82) is 0 Å². The zero-order valence-corrected chi connectivity index (χ0v) is 15.0. The molecule has 0 radical (unpaired) electrons. The largest absolute Gasteiger partial charge is 0.506 e. The minimum absolute atomic E-state index is 0.0664. The van der Waals surface area contributed by atoms with Crippen LogP contribution in [0.15, 0.2) is 53.5 Å². The molecule has 2 aromatic heterocycles. The minimum atomic E-state index is -1.16. The molecule has 0 aliphatic carbocycles. The molecule has 0 unspecified atom stereocenters. The number of nitrogens with zero attached hydrogens (tertiary/aromatic N) is 2. The first kappa shape index (κ1) is 18.4. The van der Waals surface area contributed by atoms with E-state index < -0.39 is 34.4 Å². The van der Waals surface area contributed by atoms with E-state index >= 15 is 0 Å². The molecule has 0 aliphatic rings. The molecule has 2 heterocycles. The molecule has 0 saturated heterocycles. The number of fused-ring (bicyclic) bond motifs is 1. The molecule has 4 aromatic rings. The Bertz CT molecular complexity index is 1330. The lowest BCUT2D eigenvalue weighted by molar-refractivity contribution is 0.102. The second kappa shape index (κ2) is 6.86. The van der Waals surface area contributed by atoms with Crippen molar-refractivity contribution in [2.24, 2.45) is 0 Å². The molecule has 9 heteroatoms. The lowest BCUT2D eigenvalue weighted by Crippen LogP contribution is -2.24. The van der Waals surface area contributed by atoms with Crippen LogP contribution in [0.25, 0.3) is 16.7 Å². The van der Waals surface area contributed by atoms with Gasteiger partial charge in [0.25, 0.3) is 11.5 Å². The van der Waals surface area contributed by atoms with Crippen LogP contribution in [0.2, 0.25) is 0 Å². The number of amides is 1. The van der Waals surface area contributed by atoms with E-state index in [0.717, 1.165) is 23.8 Å². The molecule has 0 saturated carbocycles. The van der Waals surface area contributed by atoms with Crippen LogP contribution in [0.3, 0.4) is 0 Å². The van der Waals surface area contributed by atoms with E-state index in [1.165, 1.54) is 10.9 Å². The molecular formula is C20H14F2N4O3. The Morgan fingerprint density at radius 3 is 2.69 bits per heavy atom. The lowest BCUT2D eigenvalue weighted by atomic mass is 10.2. The summed E-state index contributed by atoms with van der Waals surface area (Å²) in [4.78, 5) is 27.5. The molecule has 0 spiro atoms. The fraction of sp³-hybridized carbons (Fsp3) is 0.0500. The van der Waals surface area contributed by atoms with Gasteiger partial charge in [0.2, 0.25) is 0 Å². The van der Waals surface area contributed by atoms with Gasteiger partial charge in [0.05, 0.1) is 17.3 Å². The van der Waals surface area contributed by atoms with Gasteiger partial charge in [-0.05, 0) is 36.8 Å². The molecule has 7 nitrogen and oxygen atoms in total. The van der Waals surface area contributed by atoms with Crippen molar-refractivity contribution in [2.75, 3.05) is 5.32 Å². The van der Waals surface area contributed by atoms with Gasteiger partial charge >= 0.3 is 0 Å². The van der Waals surface area contributed by atoms with Crippen LogP contribution < -0.4 is 10.9 Å². The van der Waals surface area contributed by atoms with Crippen molar-refractivity contribution in [3.8, 4) is 11.4 Å². The molecule has 0 atom stereocenters. The number of aromatic nitrogens is 3. The van der Waals surface area contributed by atoms with E-state index in [1.807, 2.05) is 25.1 Å². The molecule has 3 N–H and O–H groups in total. The van der Waals surface area contributed by atoms with Crippen molar-refractivity contribution in [3.05, 3.63) is 81.8 Å². The van der Waals surface area contributed by atoms with Gasteiger partial charge in [0.15, 0.2) is 11.6 Å². The van der Waals surface area contributed by atoms with Crippen LogP contribution in [-0.2, 0) is 0 Å². The number of anilines is 1. The van der Waals surface area contributed by atoms with Gasteiger partial charge in [-0.1, -0.05) is 12.1 Å². The maximum Gasteiger partial charge on any atom is 0.266 e. The first-order chi connectivity index (χ1) is 13.8. The summed E-state index contributed by atoms with van der Waals surface area (Å²) >= 11 is 0. The maximum atomic E-state index is 13.3. The summed E-state index contributed by atoms with van der Waals surface area (Å²) in [7, 11) is 0. The molecule has 4 rings (SSSR count). The second-order valence-electron chi connectivity index (χ2n) is 6.42. The van der Waals surface area contributed by atoms with Crippen molar-refractivity contribution < 1.29 is 18.7 Å². The Morgan fingerprint density at radius 1 is 1.17 bits per heavy atom. The van der Waals surface area contributed by atoms with E-state index in [4.69, 9.17) is 0 Å². The number of hydrogen-bond donors (Lipinski definition) is 3. The SMILES string of the molecule is Cc1cccc(-n2ncc3c(O)c(C(=O)Nc4ccc(F)c(F)c4)c(=O)[nH]c32)c1. The molecule has 0 fully saturated rings. The van der Waals surface area contributed by atoms with Crippen molar-refractivity contribution in [2.45, 2.75) is 6.92 Å². The number of H-pyrrole nitrogens is 1. The number of nitrogens with one attached hydrogen (secondary N) is 2.